The quantitative estimate of drug-likeness (QED) is 0.256. The van der Waals surface area contributed by atoms with Crippen molar-refractivity contribution in [3.05, 3.63) is 108 Å². The summed E-state index contributed by atoms with van der Waals surface area (Å²) in [6.07, 6.45) is 5.58. The summed E-state index contributed by atoms with van der Waals surface area (Å²) in [5.74, 6) is 0. The number of rotatable bonds is 3. The van der Waals surface area contributed by atoms with Crippen LogP contribution in [0, 0.1) is 6.92 Å². The summed E-state index contributed by atoms with van der Waals surface area (Å²) >= 11 is 0. The standard InChI is InChI=1S/C32H27N2O/c1-21-17-18-25-24-13-9-14-26(31(24)35-32(25)30(21)28-15-6-7-19-33(28)2)29-20-22-10-8-16-27(22)34(29)23-11-4-3-5-12-23/h3-7,9,11-15,17-20H,8,10,16H2,1-2H3/q+1. The first kappa shape index (κ1) is 20.3. The van der Waals surface area contributed by atoms with E-state index in [1.54, 1.807) is 0 Å². The van der Waals surface area contributed by atoms with Crippen LogP contribution in [-0.2, 0) is 19.9 Å². The number of hydrogen-bond acceptors (Lipinski definition) is 1. The number of fused-ring (bicyclic) bond motifs is 4. The Balaban J connectivity index is 1.54. The fourth-order valence-corrected chi connectivity index (χ4v) is 5.87. The molecule has 7 rings (SSSR count). The lowest BCUT2D eigenvalue weighted by Gasteiger charge is -2.13. The van der Waals surface area contributed by atoms with Gasteiger partial charge in [-0.3, -0.25) is 0 Å². The van der Waals surface area contributed by atoms with E-state index in [0.717, 1.165) is 46.2 Å². The highest BCUT2D eigenvalue weighted by atomic mass is 16.3. The smallest absolute Gasteiger partial charge is 0.216 e. The summed E-state index contributed by atoms with van der Waals surface area (Å²) in [7, 11) is 2.09. The highest BCUT2D eigenvalue weighted by Crippen LogP contribution is 2.42. The zero-order valence-corrected chi connectivity index (χ0v) is 20.1. The fourth-order valence-electron chi connectivity index (χ4n) is 5.87. The van der Waals surface area contributed by atoms with Crippen LogP contribution in [0.25, 0.3) is 50.1 Å². The largest absolute Gasteiger partial charge is 0.454 e. The number of benzene rings is 3. The Morgan fingerprint density at radius 2 is 1.63 bits per heavy atom. The van der Waals surface area contributed by atoms with Crippen molar-refractivity contribution in [3.63, 3.8) is 0 Å². The van der Waals surface area contributed by atoms with Crippen LogP contribution in [0.2, 0.25) is 0 Å². The van der Waals surface area contributed by atoms with E-state index in [1.807, 2.05) is 0 Å². The Labute approximate surface area is 204 Å². The summed E-state index contributed by atoms with van der Waals surface area (Å²) < 4.78 is 11.4. The molecule has 3 aromatic carbocycles. The maximum atomic E-state index is 6.82. The first-order valence-corrected chi connectivity index (χ1v) is 12.4. The monoisotopic (exact) mass is 455 g/mol. The van der Waals surface area contributed by atoms with Crippen molar-refractivity contribution in [2.24, 2.45) is 7.05 Å². The number of pyridine rings is 1. The van der Waals surface area contributed by atoms with E-state index in [2.05, 4.69) is 114 Å². The number of aryl methyl sites for hydroxylation is 3. The second-order valence-corrected chi connectivity index (χ2v) is 9.64. The van der Waals surface area contributed by atoms with E-state index in [1.165, 1.54) is 40.0 Å². The van der Waals surface area contributed by atoms with Crippen molar-refractivity contribution >= 4 is 21.9 Å². The van der Waals surface area contributed by atoms with Gasteiger partial charge in [0, 0.05) is 39.8 Å². The van der Waals surface area contributed by atoms with Crippen LogP contribution in [0.5, 0.6) is 0 Å². The van der Waals surface area contributed by atoms with Crippen molar-refractivity contribution in [2.75, 3.05) is 0 Å². The Bertz CT molecular complexity index is 1740. The van der Waals surface area contributed by atoms with Gasteiger partial charge in [0.05, 0.1) is 11.3 Å². The molecule has 3 heteroatoms. The van der Waals surface area contributed by atoms with Gasteiger partial charge in [-0.25, -0.2) is 4.57 Å². The molecule has 0 fully saturated rings. The lowest BCUT2D eigenvalue weighted by molar-refractivity contribution is -0.660. The van der Waals surface area contributed by atoms with Crippen molar-refractivity contribution < 1.29 is 8.98 Å². The van der Waals surface area contributed by atoms with Crippen LogP contribution >= 0.6 is 0 Å². The molecule has 0 atom stereocenters. The lowest BCUT2D eigenvalue weighted by Crippen LogP contribution is -2.30. The number of furan rings is 1. The van der Waals surface area contributed by atoms with E-state index in [4.69, 9.17) is 4.42 Å². The zero-order valence-electron chi connectivity index (χ0n) is 20.1. The number of aromatic nitrogens is 2. The molecule has 0 aliphatic heterocycles. The van der Waals surface area contributed by atoms with Crippen molar-refractivity contribution in [3.8, 4) is 28.2 Å². The van der Waals surface area contributed by atoms with Crippen LogP contribution in [0.15, 0.2) is 95.5 Å². The fraction of sp³-hybridized carbons (Fsp3) is 0.156. The molecule has 0 radical (unpaired) electrons. The van der Waals surface area contributed by atoms with Gasteiger partial charge >= 0.3 is 0 Å². The minimum absolute atomic E-state index is 0.958. The third-order valence-corrected chi connectivity index (χ3v) is 7.53. The molecule has 1 aliphatic carbocycles. The van der Waals surface area contributed by atoms with Crippen molar-refractivity contribution in [1.29, 1.82) is 0 Å². The molecule has 170 valence electrons. The molecule has 3 nitrogen and oxygen atoms in total. The molecule has 0 spiro atoms. The molecule has 0 unspecified atom stereocenters. The Morgan fingerprint density at radius 3 is 2.49 bits per heavy atom. The molecule has 1 aliphatic rings. The number of para-hydroxylation sites is 2. The third-order valence-electron chi connectivity index (χ3n) is 7.53. The first-order valence-electron chi connectivity index (χ1n) is 12.4. The molecule has 0 N–H and O–H groups in total. The molecule has 0 bridgehead atoms. The molecule has 0 saturated heterocycles. The summed E-state index contributed by atoms with van der Waals surface area (Å²) in [4.78, 5) is 0. The van der Waals surface area contributed by atoms with Gasteiger partial charge in [0.25, 0.3) is 0 Å². The zero-order chi connectivity index (χ0) is 23.5. The molecule has 0 saturated carbocycles. The molecule has 3 aromatic heterocycles. The summed E-state index contributed by atoms with van der Waals surface area (Å²) in [5, 5.41) is 2.33. The van der Waals surface area contributed by atoms with Gasteiger partial charge in [0.2, 0.25) is 5.69 Å². The normalized spacial score (nSPS) is 13.1. The maximum Gasteiger partial charge on any atom is 0.216 e. The van der Waals surface area contributed by atoms with Crippen molar-refractivity contribution in [1.82, 2.24) is 4.57 Å². The Hall–Kier alpha value is -4.11. The van der Waals surface area contributed by atoms with E-state index in [-0.39, 0.29) is 0 Å². The van der Waals surface area contributed by atoms with Gasteiger partial charge in [0.15, 0.2) is 6.20 Å². The summed E-state index contributed by atoms with van der Waals surface area (Å²) in [6, 6.07) is 30.5. The van der Waals surface area contributed by atoms with Crippen LogP contribution in [-0.4, -0.2) is 4.57 Å². The average Bonchev–Trinajstić information content (AvgIpc) is 3.58. The highest BCUT2D eigenvalue weighted by molar-refractivity contribution is 6.13. The summed E-state index contributed by atoms with van der Waals surface area (Å²) in [6.45, 7) is 2.17. The van der Waals surface area contributed by atoms with Crippen LogP contribution in [0.1, 0.15) is 23.2 Å². The van der Waals surface area contributed by atoms with Gasteiger partial charge in [0.1, 0.15) is 18.2 Å². The average molecular weight is 456 g/mol. The number of hydrogen-bond donors (Lipinski definition) is 0. The van der Waals surface area contributed by atoms with Gasteiger partial charge < -0.3 is 8.98 Å². The minimum atomic E-state index is 0.958. The lowest BCUT2D eigenvalue weighted by atomic mass is 10.00. The van der Waals surface area contributed by atoms with E-state index < -0.39 is 0 Å². The van der Waals surface area contributed by atoms with Crippen LogP contribution in [0.3, 0.4) is 0 Å². The second kappa shape index (κ2) is 7.71. The van der Waals surface area contributed by atoms with E-state index in [9.17, 15) is 0 Å². The number of nitrogens with zero attached hydrogens (tertiary/aromatic N) is 2. The SMILES string of the molecule is Cc1ccc2c(oc3c(-c4cc5c(n4-c4ccccc4)CCC5)cccc32)c1-c1cccc[n+]1C. The third kappa shape index (κ3) is 3.01. The molecule has 3 heterocycles. The van der Waals surface area contributed by atoms with Crippen molar-refractivity contribution in [2.45, 2.75) is 26.2 Å². The van der Waals surface area contributed by atoms with Crippen LogP contribution < -0.4 is 4.57 Å². The van der Waals surface area contributed by atoms with E-state index >= 15 is 0 Å². The van der Waals surface area contributed by atoms with Gasteiger partial charge in [-0.2, -0.15) is 0 Å². The molecule has 35 heavy (non-hydrogen) atoms. The Morgan fingerprint density at radius 1 is 0.800 bits per heavy atom. The predicted octanol–water partition coefficient (Wildman–Crippen LogP) is 7.33. The maximum absolute atomic E-state index is 6.82. The van der Waals surface area contributed by atoms with E-state index in [0.29, 0.717) is 0 Å². The van der Waals surface area contributed by atoms with Gasteiger partial charge in [-0.15, -0.1) is 0 Å². The minimum Gasteiger partial charge on any atom is -0.454 e. The topological polar surface area (TPSA) is 21.9 Å². The Kier molecular flexibility index (Phi) is 4.47. The van der Waals surface area contributed by atoms with Crippen LogP contribution in [0.4, 0.5) is 0 Å². The van der Waals surface area contributed by atoms with Gasteiger partial charge in [-0.1, -0.05) is 42.5 Å². The van der Waals surface area contributed by atoms with Gasteiger partial charge in [-0.05, 0) is 67.6 Å². The highest BCUT2D eigenvalue weighted by Gasteiger charge is 2.25. The first-order chi connectivity index (χ1) is 17.2. The molecular formula is C32H27N2O+. The second-order valence-electron chi connectivity index (χ2n) is 9.64. The summed E-state index contributed by atoms with van der Waals surface area (Å²) in [5.41, 5.74) is 11.9. The molecular weight excluding hydrogens is 428 g/mol. The molecule has 6 aromatic rings. The molecule has 0 amide bonds. The predicted molar refractivity (Wildman–Crippen MR) is 142 cm³/mol.